The van der Waals surface area contributed by atoms with E-state index in [4.69, 9.17) is 4.74 Å². The van der Waals surface area contributed by atoms with Crippen LogP contribution in [0.4, 0.5) is 0 Å². The number of likely N-dealkylation sites (N-methyl/N-ethyl adjacent to an activating group) is 1. The monoisotopic (exact) mass is 199 g/mol. The van der Waals surface area contributed by atoms with Crippen molar-refractivity contribution < 1.29 is 4.74 Å². The molecule has 0 N–H and O–H groups in total. The molecule has 0 radical (unpaired) electrons. The highest BCUT2D eigenvalue weighted by Gasteiger charge is 2.46. The second-order valence-corrected chi connectivity index (χ2v) is 5.16. The predicted molar refractivity (Wildman–Crippen MR) is 60.6 cm³/mol. The van der Waals surface area contributed by atoms with Gasteiger partial charge in [0.25, 0.3) is 0 Å². The molecule has 1 unspecified atom stereocenters. The summed E-state index contributed by atoms with van der Waals surface area (Å²) in [5.41, 5.74) is 0.177. The highest BCUT2D eigenvalue weighted by molar-refractivity contribution is 5.02. The van der Waals surface area contributed by atoms with Gasteiger partial charge in [-0.3, -0.25) is 4.90 Å². The van der Waals surface area contributed by atoms with Crippen LogP contribution in [0.15, 0.2) is 0 Å². The lowest BCUT2D eigenvalue weighted by molar-refractivity contribution is -0.148. The number of rotatable bonds is 3. The van der Waals surface area contributed by atoms with E-state index in [0.29, 0.717) is 0 Å². The lowest BCUT2D eigenvalue weighted by Gasteiger charge is -2.53. The van der Waals surface area contributed by atoms with Crippen molar-refractivity contribution in [2.75, 3.05) is 20.2 Å². The van der Waals surface area contributed by atoms with Gasteiger partial charge in [0.05, 0.1) is 5.60 Å². The topological polar surface area (TPSA) is 12.5 Å². The van der Waals surface area contributed by atoms with Crippen molar-refractivity contribution >= 4 is 0 Å². The Bertz CT molecular complexity index is 191. The van der Waals surface area contributed by atoms with Crippen LogP contribution in [0, 0.1) is 0 Å². The predicted octanol–water partition coefficient (Wildman–Crippen LogP) is 2.68. The summed E-state index contributed by atoms with van der Waals surface area (Å²) in [6.45, 7) is 11.1. The first-order valence-corrected chi connectivity index (χ1v) is 5.79. The Hall–Kier alpha value is -0.0800. The van der Waals surface area contributed by atoms with Gasteiger partial charge in [-0.2, -0.15) is 0 Å². The fourth-order valence-corrected chi connectivity index (χ4v) is 2.22. The average molecular weight is 199 g/mol. The summed E-state index contributed by atoms with van der Waals surface area (Å²) >= 11 is 0. The first kappa shape index (κ1) is 12.0. The third-order valence-corrected chi connectivity index (χ3v) is 4.02. The van der Waals surface area contributed by atoms with Gasteiger partial charge in [0.2, 0.25) is 0 Å². The Labute approximate surface area is 88.6 Å². The van der Waals surface area contributed by atoms with Crippen LogP contribution in [0.3, 0.4) is 0 Å². The van der Waals surface area contributed by atoms with E-state index in [-0.39, 0.29) is 11.1 Å². The van der Waals surface area contributed by atoms with Crippen LogP contribution < -0.4 is 0 Å². The minimum absolute atomic E-state index is 0.0238. The zero-order valence-corrected chi connectivity index (χ0v) is 10.4. The zero-order chi connectivity index (χ0) is 10.8. The second-order valence-electron chi connectivity index (χ2n) is 5.16. The molecule has 1 aliphatic rings. The standard InChI is InChI=1S/C12H25NO/c1-6-10-14-12(4)8-7-9-13(5)11(12,2)3/h6-10H2,1-5H3. The highest BCUT2D eigenvalue weighted by atomic mass is 16.5. The minimum Gasteiger partial charge on any atom is -0.373 e. The van der Waals surface area contributed by atoms with Gasteiger partial charge < -0.3 is 4.74 Å². The smallest absolute Gasteiger partial charge is 0.0832 e. The van der Waals surface area contributed by atoms with Crippen molar-refractivity contribution in [3.8, 4) is 0 Å². The number of hydrogen-bond acceptors (Lipinski definition) is 2. The molecule has 0 aromatic heterocycles. The molecule has 0 amide bonds. The van der Waals surface area contributed by atoms with Gasteiger partial charge >= 0.3 is 0 Å². The van der Waals surface area contributed by atoms with Gasteiger partial charge in [0.15, 0.2) is 0 Å². The minimum atomic E-state index is 0.0238. The van der Waals surface area contributed by atoms with Gasteiger partial charge in [-0.05, 0) is 53.6 Å². The molecule has 0 aliphatic carbocycles. The van der Waals surface area contributed by atoms with Crippen molar-refractivity contribution in [1.82, 2.24) is 4.90 Å². The molecular weight excluding hydrogens is 174 g/mol. The maximum Gasteiger partial charge on any atom is 0.0832 e. The fraction of sp³-hybridized carbons (Fsp3) is 1.00. The van der Waals surface area contributed by atoms with Gasteiger partial charge in [-0.1, -0.05) is 6.92 Å². The summed E-state index contributed by atoms with van der Waals surface area (Å²) in [5.74, 6) is 0. The van der Waals surface area contributed by atoms with Crippen LogP contribution in [0.25, 0.3) is 0 Å². The third-order valence-electron chi connectivity index (χ3n) is 4.02. The van der Waals surface area contributed by atoms with Crippen molar-refractivity contribution in [3.05, 3.63) is 0 Å². The molecule has 0 aromatic carbocycles. The first-order valence-electron chi connectivity index (χ1n) is 5.79. The lowest BCUT2D eigenvalue weighted by atomic mass is 9.76. The SMILES string of the molecule is CCCOC1(C)CCCN(C)C1(C)C. The molecule has 1 fully saturated rings. The van der Waals surface area contributed by atoms with Crippen molar-refractivity contribution in [1.29, 1.82) is 0 Å². The van der Waals surface area contributed by atoms with Crippen LogP contribution in [0.5, 0.6) is 0 Å². The molecule has 1 rings (SSSR count). The summed E-state index contributed by atoms with van der Waals surface area (Å²) in [6.07, 6.45) is 3.54. The first-order chi connectivity index (χ1) is 6.44. The second kappa shape index (κ2) is 4.19. The van der Waals surface area contributed by atoms with Gasteiger partial charge in [0, 0.05) is 12.1 Å². The number of nitrogens with zero attached hydrogens (tertiary/aromatic N) is 1. The van der Waals surface area contributed by atoms with Gasteiger partial charge in [0.1, 0.15) is 0 Å². The van der Waals surface area contributed by atoms with E-state index >= 15 is 0 Å². The summed E-state index contributed by atoms with van der Waals surface area (Å²) in [6, 6.07) is 0. The van der Waals surface area contributed by atoms with E-state index in [1.165, 1.54) is 19.4 Å². The zero-order valence-electron chi connectivity index (χ0n) is 10.4. The van der Waals surface area contributed by atoms with E-state index in [1.54, 1.807) is 0 Å². The molecule has 0 aromatic rings. The van der Waals surface area contributed by atoms with Gasteiger partial charge in [-0.15, -0.1) is 0 Å². The Morgan fingerprint density at radius 1 is 1.29 bits per heavy atom. The molecule has 14 heavy (non-hydrogen) atoms. The number of likely N-dealkylation sites (tertiary alicyclic amines) is 1. The molecule has 0 saturated carbocycles. The third kappa shape index (κ3) is 1.96. The van der Waals surface area contributed by atoms with E-state index in [0.717, 1.165) is 13.0 Å². The molecule has 1 atom stereocenters. The molecule has 2 nitrogen and oxygen atoms in total. The molecular formula is C12H25NO. The maximum absolute atomic E-state index is 6.06. The Morgan fingerprint density at radius 2 is 1.93 bits per heavy atom. The summed E-state index contributed by atoms with van der Waals surface area (Å²) < 4.78 is 6.06. The molecule has 1 aliphatic heterocycles. The maximum atomic E-state index is 6.06. The number of hydrogen-bond donors (Lipinski definition) is 0. The van der Waals surface area contributed by atoms with E-state index in [1.807, 2.05) is 0 Å². The van der Waals surface area contributed by atoms with Gasteiger partial charge in [-0.25, -0.2) is 0 Å². The fourth-order valence-electron chi connectivity index (χ4n) is 2.22. The Morgan fingerprint density at radius 3 is 2.50 bits per heavy atom. The normalized spacial score (nSPS) is 33.2. The average Bonchev–Trinajstić information content (AvgIpc) is 2.12. The van der Waals surface area contributed by atoms with Crippen molar-refractivity contribution in [2.45, 2.75) is 58.1 Å². The highest BCUT2D eigenvalue weighted by Crippen LogP contribution is 2.38. The van der Waals surface area contributed by atoms with Crippen LogP contribution in [0.1, 0.15) is 47.0 Å². The Kier molecular flexibility index (Phi) is 3.59. The van der Waals surface area contributed by atoms with Crippen molar-refractivity contribution in [2.24, 2.45) is 0 Å². The number of ether oxygens (including phenoxy) is 1. The number of piperidine rings is 1. The van der Waals surface area contributed by atoms with E-state index in [9.17, 15) is 0 Å². The molecule has 1 saturated heterocycles. The van der Waals surface area contributed by atoms with Crippen LogP contribution in [0.2, 0.25) is 0 Å². The molecule has 84 valence electrons. The molecule has 1 heterocycles. The van der Waals surface area contributed by atoms with Crippen LogP contribution in [-0.2, 0) is 4.74 Å². The van der Waals surface area contributed by atoms with E-state index in [2.05, 4.69) is 39.6 Å². The summed E-state index contributed by atoms with van der Waals surface area (Å²) in [5, 5.41) is 0. The van der Waals surface area contributed by atoms with Crippen molar-refractivity contribution in [3.63, 3.8) is 0 Å². The lowest BCUT2D eigenvalue weighted by Crippen LogP contribution is -2.62. The summed E-state index contributed by atoms with van der Waals surface area (Å²) in [7, 11) is 2.20. The molecule has 2 heteroatoms. The quantitative estimate of drug-likeness (QED) is 0.693. The Balaban J connectivity index is 2.73. The van der Waals surface area contributed by atoms with E-state index < -0.39 is 0 Å². The largest absolute Gasteiger partial charge is 0.373 e. The molecule has 0 bridgehead atoms. The summed E-state index contributed by atoms with van der Waals surface area (Å²) in [4.78, 5) is 2.42. The molecule has 0 spiro atoms. The van der Waals surface area contributed by atoms with Crippen LogP contribution in [-0.4, -0.2) is 36.2 Å². The van der Waals surface area contributed by atoms with Crippen LogP contribution >= 0.6 is 0 Å².